The standard InChI is InChI=1S/C19H17N5O3/c1-11-8-14(17-12(2)22-23(3)18(17)20-11)19(26)27-10-13-9-16(25)24-7-5-4-6-15(24)21-13/h4-9H,10H2,1-3H3. The molecular formula is C19H17N5O3. The van der Waals surface area contributed by atoms with Crippen LogP contribution in [-0.4, -0.2) is 30.1 Å². The van der Waals surface area contributed by atoms with Crippen LogP contribution < -0.4 is 5.56 Å². The summed E-state index contributed by atoms with van der Waals surface area (Å²) in [5.41, 5.74) is 3.10. The Kier molecular flexibility index (Phi) is 3.95. The van der Waals surface area contributed by atoms with E-state index in [0.29, 0.717) is 39.3 Å². The molecule has 4 rings (SSSR count). The third-order valence-electron chi connectivity index (χ3n) is 4.29. The molecule has 0 aromatic carbocycles. The number of pyridine rings is 2. The van der Waals surface area contributed by atoms with Crippen LogP contribution in [0.2, 0.25) is 0 Å². The van der Waals surface area contributed by atoms with Gasteiger partial charge in [-0.25, -0.2) is 14.8 Å². The molecule has 0 N–H and O–H groups in total. The maximum absolute atomic E-state index is 12.7. The maximum Gasteiger partial charge on any atom is 0.339 e. The van der Waals surface area contributed by atoms with Crippen molar-refractivity contribution >= 4 is 22.6 Å². The van der Waals surface area contributed by atoms with Gasteiger partial charge < -0.3 is 4.74 Å². The summed E-state index contributed by atoms with van der Waals surface area (Å²) < 4.78 is 8.50. The van der Waals surface area contributed by atoms with E-state index in [2.05, 4.69) is 15.1 Å². The number of esters is 1. The van der Waals surface area contributed by atoms with E-state index in [9.17, 15) is 9.59 Å². The van der Waals surface area contributed by atoms with Gasteiger partial charge in [0.05, 0.1) is 22.3 Å². The lowest BCUT2D eigenvalue weighted by Gasteiger charge is -2.08. The van der Waals surface area contributed by atoms with Crippen LogP contribution in [-0.2, 0) is 18.4 Å². The number of hydrogen-bond donors (Lipinski definition) is 0. The molecule has 4 aromatic heterocycles. The summed E-state index contributed by atoms with van der Waals surface area (Å²) in [7, 11) is 1.78. The molecular weight excluding hydrogens is 346 g/mol. The van der Waals surface area contributed by atoms with Crippen LogP contribution >= 0.6 is 0 Å². The van der Waals surface area contributed by atoms with Gasteiger partial charge in [-0.2, -0.15) is 5.10 Å². The van der Waals surface area contributed by atoms with Crippen LogP contribution in [0, 0.1) is 13.8 Å². The Bertz CT molecular complexity index is 1260. The topological polar surface area (TPSA) is 91.4 Å². The predicted molar refractivity (Wildman–Crippen MR) is 98.6 cm³/mol. The van der Waals surface area contributed by atoms with Gasteiger partial charge in [0.1, 0.15) is 12.3 Å². The fourth-order valence-corrected chi connectivity index (χ4v) is 3.13. The van der Waals surface area contributed by atoms with E-state index in [4.69, 9.17) is 4.74 Å². The number of rotatable bonds is 3. The van der Waals surface area contributed by atoms with Gasteiger partial charge in [0.2, 0.25) is 0 Å². The predicted octanol–water partition coefficient (Wildman–Crippen LogP) is 1.95. The van der Waals surface area contributed by atoms with Crippen LogP contribution in [0.15, 0.2) is 41.3 Å². The highest BCUT2D eigenvalue weighted by molar-refractivity contribution is 6.03. The Morgan fingerprint density at radius 3 is 2.81 bits per heavy atom. The zero-order valence-corrected chi connectivity index (χ0v) is 15.1. The van der Waals surface area contributed by atoms with Crippen LogP contribution in [0.5, 0.6) is 0 Å². The van der Waals surface area contributed by atoms with Gasteiger partial charge >= 0.3 is 5.97 Å². The maximum atomic E-state index is 12.7. The van der Waals surface area contributed by atoms with Crippen molar-refractivity contribution in [3.63, 3.8) is 0 Å². The monoisotopic (exact) mass is 363 g/mol. The molecule has 4 heterocycles. The molecule has 0 fully saturated rings. The average molecular weight is 363 g/mol. The minimum atomic E-state index is -0.503. The summed E-state index contributed by atoms with van der Waals surface area (Å²) in [6, 6.07) is 8.31. The first-order valence-electron chi connectivity index (χ1n) is 8.39. The van der Waals surface area contributed by atoms with E-state index in [1.54, 1.807) is 42.2 Å². The average Bonchev–Trinajstić information content (AvgIpc) is 2.93. The Balaban J connectivity index is 1.66. The Labute approximate surface area is 154 Å². The lowest BCUT2D eigenvalue weighted by molar-refractivity contribution is 0.0470. The molecule has 0 bridgehead atoms. The molecule has 0 unspecified atom stereocenters. The van der Waals surface area contributed by atoms with Gasteiger partial charge in [0.15, 0.2) is 5.65 Å². The number of carbonyl (C=O) groups is 1. The molecule has 4 aromatic rings. The second kappa shape index (κ2) is 6.31. The summed E-state index contributed by atoms with van der Waals surface area (Å²) in [6.07, 6.45) is 1.64. The van der Waals surface area contributed by atoms with E-state index in [1.165, 1.54) is 10.5 Å². The molecule has 0 saturated carbocycles. The summed E-state index contributed by atoms with van der Waals surface area (Å²) in [4.78, 5) is 33.6. The Hall–Kier alpha value is -3.55. The second-order valence-corrected chi connectivity index (χ2v) is 6.31. The summed E-state index contributed by atoms with van der Waals surface area (Å²) in [5, 5.41) is 4.99. The SMILES string of the molecule is Cc1cc(C(=O)OCc2cc(=O)n3ccccc3n2)c2c(C)nn(C)c2n1. The summed E-state index contributed by atoms with van der Waals surface area (Å²) in [6.45, 7) is 3.54. The molecule has 0 amide bonds. The zero-order chi connectivity index (χ0) is 19.1. The zero-order valence-electron chi connectivity index (χ0n) is 15.1. The molecule has 8 nitrogen and oxygen atoms in total. The molecule has 0 aliphatic rings. The van der Waals surface area contributed by atoms with Crippen molar-refractivity contribution in [2.45, 2.75) is 20.5 Å². The minimum Gasteiger partial charge on any atom is -0.456 e. The normalized spacial score (nSPS) is 11.2. The number of fused-ring (bicyclic) bond motifs is 2. The van der Waals surface area contributed by atoms with Crippen molar-refractivity contribution in [3.05, 3.63) is 69.5 Å². The van der Waals surface area contributed by atoms with Crippen molar-refractivity contribution in [1.82, 2.24) is 24.1 Å². The smallest absolute Gasteiger partial charge is 0.339 e. The van der Waals surface area contributed by atoms with E-state index in [0.717, 1.165) is 0 Å². The minimum absolute atomic E-state index is 0.0956. The molecule has 0 radical (unpaired) electrons. The first kappa shape index (κ1) is 16.9. The van der Waals surface area contributed by atoms with Crippen LogP contribution in [0.25, 0.3) is 16.7 Å². The van der Waals surface area contributed by atoms with E-state index < -0.39 is 5.97 Å². The number of aryl methyl sites for hydroxylation is 3. The number of ether oxygens (including phenoxy) is 1. The first-order chi connectivity index (χ1) is 12.9. The van der Waals surface area contributed by atoms with Crippen molar-refractivity contribution < 1.29 is 9.53 Å². The van der Waals surface area contributed by atoms with Gasteiger partial charge in [-0.05, 0) is 32.0 Å². The van der Waals surface area contributed by atoms with Crippen LogP contribution in [0.1, 0.15) is 27.4 Å². The molecule has 8 heteroatoms. The second-order valence-electron chi connectivity index (χ2n) is 6.31. The number of carbonyl (C=O) groups excluding carboxylic acids is 1. The molecule has 0 aliphatic carbocycles. The van der Waals surface area contributed by atoms with Gasteiger partial charge in [-0.3, -0.25) is 13.9 Å². The van der Waals surface area contributed by atoms with E-state index in [1.807, 2.05) is 13.8 Å². The molecule has 0 aliphatic heterocycles. The highest BCUT2D eigenvalue weighted by Crippen LogP contribution is 2.22. The summed E-state index contributed by atoms with van der Waals surface area (Å²) in [5.74, 6) is -0.503. The summed E-state index contributed by atoms with van der Waals surface area (Å²) >= 11 is 0. The molecule has 136 valence electrons. The van der Waals surface area contributed by atoms with Crippen molar-refractivity contribution in [2.24, 2.45) is 7.05 Å². The highest BCUT2D eigenvalue weighted by Gasteiger charge is 2.19. The lowest BCUT2D eigenvalue weighted by atomic mass is 10.1. The van der Waals surface area contributed by atoms with Gasteiger partial charge in [-0.1, -0.05) is 6.07 Å². The van der Waals surface area contributed by atoms with Crippen LogP contribution in [0.4, 0.5) is 0 Å². The fourth-order valence-electron chi connectivity index (χ4n) is 3.13. The molecule has 0 saturated heterocycles. The van der Waals surface area contributed by atoms with E-state index >= 15 is 0 Å². The molecule has 27 heavy (non-hydrogen) atoms. The Morgan fingerprint density at radius 2 is 2.00 bits per heavy atom. The van der Waals surface area contributed by atoms with Crippen molar-refractivity contribution in [1.29, 1.82) is 0 Å². The Morgan fingerprint density at radius 1 is 1.19 bits per heavy atom. The third kappa shape index (κ3) is 2.95. The van der Waals surface area contributed by atoms with Crippen molar-refractivity contribution in [2.75, 3.05) is 0 Å². The largest absolute Gasteiger partial charge is 0.456 e. The van der Waals surface area contributed by atoms with E-state index in [-0.39, 0.29) is 12.2 Å². The third-order valence-corrected chi connectivity index (χ3v) is 4.29. The quantitative estimate of drug-likeness (QED) is 0.517. The first-order valence-corrected chi connectivity index (χ1v) is 8.39. The van der Waals surface area contributed by atoms with Crippen molar-refractivity contribution in [3.8, 4) is 0 Å². The van der Waals surface area contributed by atoms with Gasteiger partial charge in [0.25, 0.3) is 5.56 Å². The van der Waals surface area contributed by atoms with Gasteiger partial charge in [0, 0.05) is 25.0 Å². The molecule has 0 spiro atoms. The van der Waals surface area contributed by atoms with Crippen LogP contribution in [0.3, 0.4) is 0 Å². The highest BCUT2D eigenvalue weighted by atomic mass is 16.5. The number of nitrogens with zero attached hydrogens (tertiary/aromatic N) is 5. The number of aromatic nitrogens is 5. The lowest BCUT2D eigenvalue weighted by Crippen LogP contribution is -2.16. The van der Waals surface area contributed by atoms with Gasteiger partial charge in [-0.15, -0.1) is 0 Å². The fraction of sp³-hybridized carbons (Fsp3) is 0.211. The number of hydrogen-bond acceptors (Lipinski definition) is 6. The molecule has 0 atom stereocenters.